The maximum Gasteiger partial charge on any atom is 0.291 e. The van der Waals surface area contributed by atoms with Crippen molar-refractivity contribution in [2.75, 3.05) is 25.1 Å². The van der Waals surface area contributed by atoms with Crippen LogP contribution in [0.5, 0.6) is 0 Å². The molecule has 1 atom stereocenters. The Balaban J connectivity index is 2.46. The molecule has 1 aromatic rings. The monoisotopic (exact) mass is 316 g/mol. The molecule has 0 saturated carbocycles. The van der Waals surface area contributed by atoms with Crippen LogP contribution in [0, 0.1) is 10.1 Å². The van der Waals surface area contributed by atoms with Gasteiger partial charge in [0.1, 0.15) is 0 Å². The summed E-state index contributed by atoms with van der Waals surface area (Å²) < 4.78 is 31.6. The minimum atomic E-state index is -3.95. The number of anilines is 1. The Morgan fingerprint density at radius 3 is 2.81 bits per heavy atom. The first kappa shape index (κ1) is 15.6. The molecular weight excluding hydrogens is 300 g/mol. The molecule has 0 radical (unpaired) electrons. The quantitative estimate of drug-likeness (QED) is 0.464. The molecule has 0 bridgehead atoms. The van der Waals surface area contributed by atoms with Crippen LogP contribution in [-0.2, 0) is 14.8 Å². The normalized spacial score (nSPS) is 20.2. The maximum absolute atomic E-state index is 12.6. The first-order valence-corrected chi connectivity index (χ1v) is 7.67. The molecule has 2 rings (SSSR count). The Morgan fingerprint density at radius 1 is 1.52 bits per heavy atom. The predicted molar refractivity (Wildman–Crippen MR) is 75.1 cm³/mol. The van der Waals surface area contributed by atoms with Crippen LogP contribution < -0.4 is 11.3 Å². The Labute approximate surface area is 121 Å². The van der Waals surface area contributed by atoms with Crippen molar-refractivity contribution < 1.29 is 18.1 Å². The lowest BCUT2D eigenvalue weighted by Gasteiger charge is -2.30. The molecule has 0 amide bonds. The maximum atomic E-state index is 12.6. The Hall–Kier alpha value is -1.75. The van der Waals surface area contributed by atoms with Crippen LogP contribution in [-0.4, -0.2) is 43.4 Å². The van der Waals surface area contributed by atoms with Gasteiger partial charge in [-0.2, -0.15) is 4.31 Å². The van der Waals surface area contributed by atoms with E-state index in [0.29, 0.717) is 0 Å². The average molecular weight is 316 g/mol. The lowest BCUT2D eigenvalue weighted by Crippen LogP contribution is -2.44. The van der Waals surface area contributed by atoms with Gasteiger partial charge < -0.3 is 10.2 Å². The molecular formula is C11H16N4O5S. The zero-order chi connectivity index (χ0) is 15.6. The van der Waals surface area contributed by atoms with E-state index in [9.17, 15) is 18.5 Å². The van der Waals surface area contributed by atoms with Crippen molar-refractivity contribution in [3.63, 3.8) is 0 Å². The second-order valence-electron chi connectivity index (χ2n) is 4.63. The number of benzene rings is 1. The molecule has 1 fully saturated rings. The van der Waals surface area contributed by atoms with E-state index in [2.05, 4.69) is 5.43 Å². The summed E-state index contributed by atoms with van der Waals surface area (Å²) in [5.74, 6) is 5.19. The van der Waals surface area contributed by atoms with Gasteiger partial charge in [-0.05, 0) is 19.1 Å². The molecule has 1 aliphatic heterocycles. The number of rotatable bonds is 4. The number of hydrazine groups is 1. The molecule has 9 nitrogen and oxygen atoms in total. The lowest BCUT2D eigenvalue weighted by molar-refractivity contribution is -0.387. The number of nitrogens with zero attached hydrogens (tertiary/aromatic N) is 2. The highest BCUT2D eigenvalue weighted by molar-refractivity contribution is 7.89. The van der Waals surface area contributed by atoms with Gasteiger partial charge in [0.15, 0.2) is 4.90 Å². The molecule has 21 heavy (non-hydrogen) atoms. The lowest BCUT2D eigenvalue weighted by atomic mass is 10.3. The fourth-order valence-corrected chi connectivity index (χ4v) is 3.75. The summed E-state index contributed by atoms with van der Waals surface area (Å²) in [4.78, 5) is 10.0. The topological polar surface area (TPSA) is 128 Å². The molecule has 116 valence electrons. The molecule has 0 spiro atoms. The second kappa shape index (κ2) is 5.93. The van der Waals surface area contributed by atoms with Gasteiger partial charge in [-0.15, -0.1) is 0 Å². The number of nitrogens with one attached hydrogen (secondary N) is 1. The summed E-state index contributed by atoms with van der Waals surface area (Å²) in [7, 11) is -3.95. The first-order chi connectivity index (χ1) is 9.86. The largest absolute Gasteiger partial charge is 0.376 e. The van der Waals surface area contributed by atoms with Gasteiger partial charge in [0.05, 0.1) is 23.3 Å². The second-order valence-corrected chi connectivity index (χ2v) is 6.53. The van der Waals surface area contributed by atoms with Crippen molar-refractivity contribution in [2.45, 2.75) is 17.9 Å². The third-order valence-electron chi connectivity index (χ3n) is 3.14. The molecule has 1 aliphatic rings. The fraction of sp³-hybridized carbons (Fsp3) is 0.455. The SMILES string of the molecule is CC1CN(S(=O)(=O)c2ccc(NN)cc2[N+](=O)[O-])CCO1. The zero-order valence-corrected chi connectivity index (χ0v) is 12.2. The first-order valence-electron chi connectivity index (χ1n) is 6.23. The number of nitrogen functional groups attached to an aromatic ring is 1. The number of hydrogen-bond donors (Lipinski definition) is 2. The molecule has 1 saturated heterocycles. The highest BCUT2D eigenvalue weighted by Gasteiger charge is 2.34. The summed E-state index contributed by atoms with van der Waals surface area (Å²) in [6, 6.07) is 3.66. The standard InChI is InChI=1S/C11H16N4O5S/c1-8-7-14(4-5-20-8)21(18,19)11-3-2-9(13-12)6-10(11)15(16)17/h2-3,6,8,13H,4-5,7,12H2,1H3. The molecule has 1 aromatic carbocycles. The number of hydrogen-bond acceptors (Lipinski definition) is 7. The minimum absolute atomic E-state index is 0.163. The molecule has 3 N–H and O–H groups in total. The number of sulfonamides is 1. The van der Waals surface area contributed by atoms with E-state index in [0.717, 1.165) is 6.07 Å². The summed E-state index contributed by atoms with van der Waals surface area (Å²) in [5, 5.41) is 11.1. The van der Waals surface area contributed by atoms with E-state index < -0.39 is 20.6 Å². The average Bonchev–Trinajstić information content (AvgIpc) is 2.46. The Bertz CT molecular complexity index is 648. The third-order valence-corrected chi connectivity index (χ3v) is 5.06. The summed E-state index contributed by atoms with van der Waals surface area (Å²) in [5.41, 5.74) is 2.01. The predicted octanol–water partition coefficient (Wildman–Crippen LogP) is 0.290. The van der Waals surface area contributed by atoms with Crippen LogP contribution >= 0.6 is 0 Å². The third kappa shape index (κ3) is 3.13. The zero-order valence-electron chi connectivity index (χ0n) is 11.4. The van der Waals surface area contributed by atoms with Gasteiger partial charge in [-0.3, -0.25) is 16.0 Å². The fourth-order valence-electron chi connectivity index (χ4n) is 2.11. The van der Waals surface area contributed by atoms with Crippen molar-refractivity contribution in [2.24, 2.45) is 5.84 Å². The van der Waals surface area contributed by atoms with Crippen molar-refractivity contribution in [3.05, 3.63) is 28.3 Å². The highest BCUT2D eigenvalue weighted by Crippen LogP contribution is 2.30. The number of nitro benzene ring substituents is 1. The number of morpholine rings is 1. The van der Waals surface area contributed by atoms with E-state index in [1.54, 1.807) is 6.92 Å². The van der Waals surface area contributed by atoms with Crippen molar-refractivity contribution in [3.8, 4) is 0 Å². The van der Waals surface area contributed by atoms with Crippen LogP contribution in [0.15, 0.2) is 23.1 Å². The van der Waals surface area contributed by atoms with E-state index in [1.165, 1.54) is 16.4 Å². The molecule has 1 unspecified atom stereocenters. The summed E-state index contributed by atoms with van der Waals surface area (Å²) in [6.45, 7) is 2.34. The van der Waals surface area contributed by atoms with Gasteiger partial charge >= 0.3 is 0 Å². The summed E-state index contributed by atoms with van der Waals surface area (Å²) in [6.07, 6.45) is -0.252. The van der Waals surface area contributed by atoms with Crippen molar-refractivity contribution >= 4 is 21.4 Å². The van der Waals surface area contributed by atoms with Crippen LogP contribution in [0.25, 0.3) is 0 Å². The van der Waals surface area contributed by atoms with Crippen LogP contribution in [0.3, 0.4) is 0 Å². The van der Waals surface area contributed by atoms with E-state index in [-0.39, 0.29) is 36.4 Å². The van der Waals surface area contributed by atoms with Gasteiger partial charge in [-0.1, -0.05) is 0 Å². The van der Waals surface area contributed by atoms with Gasteiger partial charge in [0, 0.05) is 19.2 Å². The van der Waals surface area contributed by atoms with Crippen LogP contribution in [0.2, 0.25) is 0 Å². The molecule has 0 aliphatic carbocycles. The summed E-state index contributed by atoms with van der Waals surface area (Å²) >= 11 is 0. The smallest absolute Gasteiger partial charge is 0.291 e. The molecule has 0 aromatic heterocycles. The van der Waals surface area contributed by atoms with E-state index in [1.807, 2.05) is 0 Å². The van der Waals surface area contributed by atoms with Crippen LogP contribution in [0.4, 0.5) is 11.4 Å². The van der Waals surface area contributed by atoms with Crippen LogP contribution in [0.1, 0.15) is 6.92 Å². The molecule has 10 heteroatoms. The van der Waals surface area contributed by atoms with E-state index >= 15 is 0 Å². The minimum Gasteiger partial charge on any atom is -0.376 e. The van der Waals surface area contributed by atoms with Gasteiger partial charge in [0.25, 0.3) is 5.69 Å². The number of nitrogens with two attached hydrogens (primary N) is 1. The number of ether oxygens (including phenoxy) is 1. The van der Waals surface area contributed by atoms with Crippen molar-refractivity contribution in [1.82, 2.24) is 4.31 Å². The van der Waals surface area contributed by atoms with Crippen molar-refractivity contribution in [1.29, 1.82) is 0 Å². The van der Waals surface area contributed by atoms with Gasteiger partial charge in [0.2, 0.25) is 10.0 Å². The van der Waals surface area contributed by atoms with E-state index in [4.69, 9.17) is 10.6 Å². The number of nitro groups is 1. The highest BCUT2D eigenvalue weighted by atomic mass is 32.2. The molecule has 1 heterocycles. The van der Waals surface area contributed by atoms with Gasteiger partial charge in [-0.25, -0.2) is 8.42 Å². The Kier molecular flexibility index (Phi) is 4.42. The Morgan fingerprint density at radius 2 is 2.24 bits per heavy atom.